The number of hydrogen-bond donors (Lipinski definition) is 3. The predicted molar refractivity (Wildman–Crippen MR) is 108 cm³/mol. The van der Waals surface area contributed by atoms with Crippen LogP contribution in [0.25, 0.3) is 11.1 Å². The third kappa shape index (κ3) is 5.17. The van der Waals surface area contributed by atoms with Gasteiger partial charge in [-0.05, 0) is 29.2 Å². The van der Waals surface area contributed by atoms with E-state index in [-0.39, 0.29) is 12.5 Å². The Kier molecular flexibility index (Phi) is 6.84. The van der Waals surface area contributed by atoms with Crippen molar-refractivity contribution in [2.75, 3.05) is 6.61 Å². The second kappa shape index (κ2) is 9.55. The van der Waals surface area contributed by atoms with Crippen LogP contribution in [0.4, 0.5) is 13.6 Å². The third-order valence-corrected chi connectivity index (χ3v) is 5.08. The van der Waals surface area contributed by atoms with Crippen molar-refractivity contribution in [1.29, 1.82) is 0 Å². The van der Waals surface area contributed by atoms with E-state index in [1.165, 1.54) is 0 Å². The molecule has 31 heavy (non-hydrogen) atoms. The van der Waals surface area contributed by atoms with Crippen LogP contribution in [0.1, 0.15) is 30.4 Å². The fourth-order valence-electron chi connectivity index (χ4n) is 3.55. The van der Waals surface area contributed by atoms with Crippen LogP contribution in [0.3, 0.4) is 0 Å². The molecule has 7 nitrogen and oxygen atoms in total. The van der Waals surface area contributed by atoms with Crippen molar-refractivity contribution in [2.24, 2.45) is 0 Å². The summed E-state index contributed by atoms with van der Waals surface area (Å²) >= 11 is 0. The number of carboxylic acid groups (broad SMARTS) is 1. The number of aliphatic carboxylic acids is 1. The van der Waals surface area contributed by atoms with E-state index in [9.17, 15) is 23.2 Å². The molecule has 0 aromatic heterocycles. The van der Waals surface area contributed by atoms with Gasteiger partial charge in [0, 0.05) is 5.92 Å². The first-order valence-corrected chi connectivity index (χ1v) is 9.69. The summed E-state index contributed by atoms with van der Waals surface area (Å²) in [6, 6.07) is 12.4. The quantitative estimate of drug-likeness (QED) is 0.595. The Bertz CT molecular complexity index is 936. The summed E-state index contributed by atoms with van der Waals surface area (Å²) in [5.74, 6) is -2.61. The van der Waals surface area contributed by atoms with Gasteiger partial charge in [0.1, 0.15) is 12.6 Å². The van der Waals surface area contributed by atoms with Crippen LogP contribution in [-0.4, -0.2) is 48.2 Å². The van der Waals surface area contributed by atoms with Crippen LogP contribution in [0.2, 0.25) is 0 Å². The van der Waals surface area contributed by atoms with Gasteiger partial charge in [0.2, 0.25) is 5.91 Å². The zero-order valence-electron chi connectivity index (χ0n) is 16.7. The molecular weight excluding hydrogens is 410 g/mol. The maximum Gasteiger partial charge on any atom is 0.407 e. The van der Waals surface area contributed by atoms with E-state index in [1.807, 2.05) is 53.8 Å². The standard InChI is InChI=1S/C22H22F2N2O5/c1-12(20(23)24)25-21(29)18(10-19(27)28)26-22(30)31-11-17-15-8-4-2-6-13(15)14-7-3-5-9-16(14)17/h2-9,12,17-18,20H,10-11H2,1H3,(H,25,29)(H,26,30)(H,27,28). The second-order valence-electron chi connectivity index (χ2n) is 7.25. The molecule has 0 saturated heterocycles. The Morgan fingerprint density at radius 1 is 1.00 bits per heavy atom. The molecule has 0 bridgehead atoms. The van der Waals surface area contributed by atoms with Gasteiger partial charge in [-0.1, -0.05) is 48.5 Å². The topological polar surface area (TPSA) is 105 Å². The third-order valence-electron chi connectivity index (χ3n) is 5.08. The number of carbonyl (C=O) groups is 3. The van der Waals surface area contributed by atoms with Crippen molar-refractivity contribution in [3.63, 3.8) is 0 Å². The van der Waals surface area contributed by atoms with Gasteiger partial charge in [0.15, 0.2) is 0 Å². The maximum absolute atomic E-state index is 12.7. The lowest BCUT2D eigenvalue weighted by molar-refractivity contribution is -0.140. The van der Waals surface area contributed by atoms with E-state index in [0.29, 0.717) is 0 Å². The predicted octanol–water partition coefficient (Wildman–Crippen LogP) is 3.14. The number of alkyl carbamates (subject to hydrolysis) is 1. The molecule has 2 amide bonds. The molecule has 1 aliphatic rings. The highest BCUT2D eigenvalue weighted by Gasteiger charge is 2.31. The van der Waals surface area contributed by atoms with E-state index in [4.69, 9.17) is 9.84 Å². The first-order chi connectivity index (χ1) is 14.8. The molecule has 0 heterocycles. The Hall–Kier alpha value is -3.49. The zero-order chi connectivity index (χ0) is 22.5. The summed E-state index contributed by atoms with van der Waals surface area (Å²) in [7, 11) is 0. The zero-order valence-corrected chi connectivity index (χ0v) is 16.7. The second-order valence-corrected chi connectivity index (χ2v) is 7.25. The van der Waals surface area contributed by atoms with Crippen LogP contribution in [0.15, 0.2) is 48.5 Å². The molecular formula is C22H22F2N2O5. The highest BCUT2D eigenvalue weighted by Crippen LogP contribution is 2.44. The lowest BCUT2D eigenvalue weighted by Crippen LogP contribution is -2.51. The number of rotatable bonds is 8. The molecule has 9 heteroatoms. The molecule has 0 spiro atoms. The monoisotopic (exact) mass is 432 g/mol. The lowest BCUT2D eigenvalue weighted by atomic mass is 9.98. The van der Waals surface area contributed by atoms with Gasteiger partial charge in [0.25, 0.3) is 6.43 Å². The Morgan fingerprint density at radius 3 is 2.06 bits per heavy atom. The summed E-state index contributed by atoms with van der Waals surface area (Å²) in [5.41, 5.74) is 4.05. The van der Waals surface area contributed by atoms with Gasteiger partial charge in [-0.3, -0.25) is 9.59 Å². The van der Waals surface area contributed by atoms with Gasteiger partial charge < -0.3 is 20.5 Å². The summed E-state index contributed by atoms with van der Waals surface area (Å²) in [4.78, 5) is 35.5. The van der Waals surface area contributed by atoms with Crippen LogP contribution < -0.4 is 10.6 Å². The normalized spacial score (nSPS) is 14.3. The largest absolute Gasteiger partial charge is 0.481 e. The fraction of sp³-hybridized carbons (Fsp3) is 0.318. The van der Waals surface area contributed by atoms with Crippen molar-refractivity contribution in [3.05, 3.63) is 59.7 Å². The number of fused-ring (bicyclic) bond motifs is 3. The maximum atomic E-state index is 12.7. The minimum Gasteiger partial charge on any atom is -0.481 e. The van der Waals surface area contributed by atoms with Crippen molar-refractivity contribution in [2.45, 2.75) is 37.8 Å². The molecule has 2 unspecified atom stereocenters. The molecule has 3 N–H and O–H groups in total. The van der Waals surface area contributed by atoms with E-state index in [1.54, 1.807) is 0 Å². The van der Waals surface area contributed by atoms with Crippen molar-refractivity contribution in [1.82, 2.24) is 10.6 Å². The van der Waals surface area contributed by atoms with Crippen LogP contribution in [-0.2, 0) is 14.3 Å². The van der Waals surface area contributed by atoms with Gasteiger partial charge >= 0.3 is 12.1 Å². The van der Waals surface area contributed by atoms with Gasteiger partial charge in [-0.15, -0.1) is 0 Å². The molecule has 2 aromatic carbocycles. The van der Waals surface area contributed by atoms with Crippen molar-refractivity contribution in [3.8, 4) is 11.1 Å². The summed E-state index contributed by atoms with van der Waals surface area (Å²) < 4.78 is 30.6. The number of hydrogen-bond acceptors (Lipinski definition) is 4. The van der Waals surface area contributed by atoms with Crippen LogP contribution in [0.5, 0.6) is 0 Å². The molecule has 0 aliphatic heterocycles. The van der Waals surface area contributed by atoms with Gasteiger partial charge in [0.05, 0.1) is 12.5 Å². The Morgan fingerprint density at radius 2 is 1.55 bits per heavy atom. The van der Waals surface area contributed by atoms with Crippen molar-refractivity contribution >= 4 is 18.0 Å². The summed E-state index contributed by atoms with van der Waals surface area (Å²) in [6.45, 7) is 1.04. The average molecular weight is 432 g/mol. The number of benzene rings is 2. The molecule has 1 aliphatic carbocycles. The highest BCUT2D eigenvalue weighted by molar-refractivity contribution is 5.89. The number of ether oxygens (including phenoxy) is 1. The SMILES string of the molecule is CC(NC(=O)C(CC(=O)O)NC(=O)OCC1c2ccccc2-c2ccccc21)C(F)F. The van der Waals surface area contributed by atoms with Crippen molar-refractivity contribution < 1.29 is 33.0 Å². The number of amides is 2. The summed E-state index contributed by atoms with van der Waals surface area (Å²) in [6.07, 6.45) is -4.61. The minimum absolute atomic E-state index is 0.0330. The Balaban J connectivity index is 1.66. The van der Waals surface area contributed by atoms with E-state index in [0.717, 1.165) is 29.2 Å². The first-order valence-electron chi connectivity index (χ1n) is 9.69. The lowest BCUT2D eigenvalue weighted by Gasteiger charge is -2.20. The van der Waals surface area contributed by atoms with Crippen LogP contribution >= 0.6 is 0 Å². The number of carboxylic acids is 1. The minimum atomic E-state index is -2.83. The van der Waals surface area contributed by atoms with E-state index >= 15 is 0 Å². The number of nitrogens with one attached hydrogen (secondary N) is 2. The first kappa shape index (κ1) is 22.2. The number of carbonyl (C=O) groups excluding carboxylic acids is 2. The van der Waals surface area contributed by atoms with E-state index in [2.05, 4.69) is 5.32 Å². The van der Waals surface area contributed by atoms with Gasteiger partial charge in [-0.2, -0.15) is 0 Å². The Labute approximate surface area is 177 Å². The summed E-state index contributed by atoms with van der Waals surface area (Å²) in [5, 5.41) is 13.1. The smallest absolute Gasteiger partial charge is 0.407 e. The molecule has 0 radical (unpaired) electrons. The van der Waals surface area contributed by atoms with E-state index < -0.39 is 42.9 Å². The molecule has 164 valence electrons. The highest BCUT2D eigenvalue weighted by atomic mass is 19.3. The molecule has 2 aromatic rings. The molecule has 2 atom stereocenters. The number of halogens is 2. The van der Waals surface area contributed by atoms with Gasteiger partial charge in [-0.25, -0.2) is 13.6 Å². The fourth-order valence-corrected chi connectivity index (χ4v) is 3.55. The molecule has 0 saturated carbocycles. The molecule has 0 fully saturated rings. The number of alkyl halides is 2. The molecule has 3 rings (SSSR count). The average Bonchev–Trinajstić information content (AvgIpc) is 3.05. The van der Waals surface area contributed by atoms with Crippen LogP contribution in [0, 0.1) is 0 Å².